The molecule has 1 N–H and O–H groups in total. The Kier molecular flexibility index (Phi) is 6.19. The van der Waals surface area contributed by atoms with Crippen LogP contribution in [0.1, 0.15) is 37.6 Å². The van der Waals surface area contributed by atoms with Crippen molar-refractivity contribution in [3.05, 3.63) is 35.7 Å². The molecular weight excluding hydrogens is 346 g/mol. The van der Waals surface area contributed by atoms with Crippen molar-refractivity contribution < 1.29 is 4.79 Å². The quantitative estimate of drug-likeness (QED) is 0.788. The van der Waals surface area contributed by atoms with Gasteiger partial charge in [-0.1, -0.05) is 29.5 Å². The topological polar surface area (TPSA) is 63.1 Å². The van der Waals surface area contributed by atoms with Gasteiger partial charge in [-0.3, -0.25) is 4.79 Å². The third kappa shape index (κ3) is 4.58. The third-order valence-corrected chi connectivity index (χ3v) is 5.88. The number of nitrogens with zero attached hydrogens (tertiary/aromatic N) is 4. The van der Waals surface area contributed by atoms with Crippen LogP contribution in [0.5, 0.6) is 0 Å². The number of thioether (sulfide) groups is 1. The summed E-state index contributed by atoms with van der Waals surface area (Å²) in [6.07, 6.45) is 3.44. The number of benzene rings is 1. The van der Waals surface area contributed by atoms with Crippen LogP contribution in [0.4, 0.5) is 5.69 Å². The fraction of sp³-hybridized carbons (Fsp3) is 0.526. The Labute approximate surface area is 159 Å². The average Bonchev–Trinajstić information content (AvgIpc) is 2.99. The van der Waals surface area contributed by atoms with Crippen molar-refractivity contribution in [1.82, 2.24) is 19.7 Å². The van der Waals surface area contributed by atoms with Crippen molar-refractivity contribution >= 4 is 23.4 Å². The molecule has 0 saturated carbocycles. The van der Waals surface area contributed by atoms with Crippen LogP contribution in [-0.2, 0) is 18.4 Å². The molecule has 2 heterocycles. The molecule has 0 aliphatic carbocycles. The van der Waals surface area contributed by atoms with E-state index in [1.54, 1.807) is 0 Å². The first kappa shape index (κ1) is 18.8. The Morgan fingerprint density at radius 2 is 2.04 bits per heavy atom. The Morgan fingerprint density at radius 3 is 2.77 bits per heavy atom. The Bertz CT molecular complexity index is 743. The lowest BCUT2D eigenvalue weighted by molar-refractivity contribution is -0.131. The van der Waals surface area contributed by atoms with Gasteiger partial charge < -0.3 is 14.8 Å². The lowest BCUT2D eigenvalue weighted by Gasteiger charge is -2.33. The Morgan fingerprint density at radius 1 is 1.27 bits per heavy atom. The Hall–Kier alpha value is -2.02. The molecule has 1 atom stereocenters. The molecule has 0 unspecified atom stereocenters. The van der Waals surface area contributed by atoms with Gasteiger partial charge in [-0.25, -0.2) is 0 Å². The molecule has 2 aromatic rings. The van der Waals surface area contributed by atoms with Crippen LogP contribution in [0.25, 0.3) is 0 Å². The molecule has 1 aromatic carbocycles. The molecule has 0 bridgehead atoms. The zero-order valence-corrected chi connectivity index (χ0v) is 16.6. The Balaban J connectivity index is 1.53. The molecule has 1 saturated heterocycles. The summed E-state index contributed by atoms with van der Waals surface area (Å²) >= 11 is 1.47. The van der Waals surface area contributed by atoms with Gasteiger partial charge in [0, 0.05) is 25.3 Å². The summed E-state index contributed by atoms with van der Waals surface area (Å²) in [4.78, 5) is 14.5. The molecule has 0 spiro atoms. The number of hydrogen-bond acceptors (Lipinski definition) is 5. The molecule has 140 valence electrons. The van der Waals surface area contributed by atoms with Gasteiger partial charge in [0.15, 0.2) is 11.0 Å². The number of rotatable bonds is 6. The van der Waals surface area contributed by atoms with Gasteiger partial charge in [-0.15, -0.1) is 10.2 Å². The van der Waals surface area contributed by atoms with Crippen molar-refractivity contribution in [1.29, 1.82) is 0 Å². The smallest absolute Gasteiger partial charge is 0.233 e. The summed E-state index contributed by atoms with van der Waals surface area (Å²) in [5.41, 5.74) is 2.29. The van der Waals surface area contributed by atoms with E-state index < -0.39 is 0 Å². The highest BCUT2D eigenvalue weighted by Gasteiger charge is 2.23. The number of hydrogen-bond donors (Lipinski definition) is 1. The normalized spacial score (nSPS) is 17.3. The van der Waals surface area contributed by atoms with Crippen LogP contribution < -0.4 is 5.32 Å². The van der Waals surface area contributed by atoms with Crippen molar-refractivity contribution in [2.75, 3.05) is 17.6 Å². The van der Waals surface area contributed by atoms with Crippen molar-refractivity contribution in [2.24, 2.45) is 7.05 Å². The minimum absolute atomic E-state index is 0.199. The summed E-state index contributed by atoms with van der Waals surface area (Å²) in [5, 5.41) is 12.6. The maximum Gasteiger partial charge on any atom is 0.233 e. The second-order valence-corrected chi connectivity index (χ2v) is 7.84. The van der Waals surface area contributed by atoms with Crippen LogP contribution in [-0.4, -0.2) is 43.9 Å². The van der Waals surface area contributed by atoms with Gasteiger partial charge in [0.1, 0.15) is 0 Å². The number of piperidine rings is 1. The second-order valence-electron chi connectivity index (χ2n) is 6.90. The summed E-state index contributed by atoms with van der Waals surface area (Å²) in [6.45, 7) is 5.69. The number of aryl methyl sites for hydroxylation is 1. The molecular formula is C19H27N5OS. The second kappa shape index (κ2) is 8.58. The van der Waals surface area contributed by atoms with E-state index in [1.807, 2.05) is 16.5 Å². The van der Waals surface area contributed by atoms with E-state index in [-0.39, 0.29) is 5.91 Å². The summed E-state index contributed by atoms with van der Waals surface area (Å²) in [5.74, 6) is 1.47. The van der Waals surface area contributed by atoms with Crippen LogP contribution in [0.2, 0.25) is 0 Å². The number of anilines is 1. The van der Waals surface area contributed by atoms with E-state index in [1.165, 1.54) is 23.7 Å². The molecule has 1 fully saturated rings. The van der Waals surface area contributed by atoms with Gasteiger partial charge in [0.25, 0.3) is 0 Å². The largest absolute Gasteiger partial charge is 0.378 e. The molecule has 1 aliphatic heterocycles. The fourth-order valence-corrected chi connectivity index (χ4v) is 3.97. The van der Waals surface area contributed by atoms with Gasteiger partial charge >= 0.3 is 0 Å². The lowest BCUT2D eigenvalue weighted by atomic mass is 10.0. The number of aromatic nitrogens is 3. The number of amides is 1. The highest BCUT2D eigenvalue weighted by atomic mass is 32.2. The van der Waals surface area contributed by atoms with Gasteiger partial charge in [0.05, 0.1) is 12.3 Å². The molecule has 6 nitrogen and oxygen atoms in total. The van der Waals surface area contributed by atoms with Crippen LogP contribution >= 0.6 is 11.8 Å². The van der Waals surface area contributed by atoms with E-state index >= 15 is 0 Å². The van der Waals surface area contributed by atoms with Gasteiger partial charge in [-0.05, 0) is 45.2 Å². The highest BCUT2D eigenvalue weighted by molar-refractivity contribution is 7.99. The monoisotopic (exact) mass is 373 g/mol. The van der Waals surface area contributed by atoms with Crippen molar-refractivity contribution in [3.63, 3.8) is 0 Å². The molecule has 26 heavy (non-hydrogen) atoms. The van der Waals surface area contributed by atoms with Crippen LogP contribution in [0, 0.1) is 6.92 Å². The molecule has 1 aliphatic rings. The first-order valence-corrected chi connectivity index (χ1v) is 10.1. The van der Waals surface area contributed by atoms with Crippen LogP contribution in [0.15, 0.2) is 29.4 Å². The molecule has 1 amide bonds. The number of likely N-dealkylation sites (tertiary alicyclic amines) is 1. The molecule has 0 radical (unpaired) electrons. The lowest BCUT2D eigenvalue weighted by Crippen LogP contribution is -2.42. The highest BCUT2D eigenvalue weighted by Crippen LogP contribution is 2.21. The number of carbonyl (C=O) groups excluding carboxylic acids is 1. The SMILES string of the molecule is Cc1ccc(NCc2nnc(SCC(=O)N3CCCC[C@@H]3C)n2C)cc1. The minimum Gasteiger partial charge on any atom is -0.378 e. The van der Waals surface area contributed by atoms with E-state index in [0.29, 0.717) is 18.3 Å². The molecule has 3 rings (SSSR count). The van der Waals surface area contributed by atoms with Crippen molar-refractivity contribution in [3.8, 4) is 0 Å². The predicted molar refractivity (Wildman–Crippen MR) is 105 cm³/mol. The predicted octanol–water partition coefficient (Wildman–Crippen LogP) is 3.23. The van der Waals surface area contributed by atoms with E-state index in [9.17, 15) is 4.79 Å². The van der Waals surface area contributed by atoms with Gasteiger partial charge in [0.2, 0.25) is 5.91 Å². The molecule has 7 heteroatoms. The summed E-state index contributed by atoms with van der Waals surface area (Å²) < 4.78 is 1.96. The zero-order chi connectivity index (χ0) is 18.5. The molecule has 1 aromatic heterocycles. The average molecular weight is 374 g/mol. The maximum atomic E-state index is 12.5. The maximum absolute atomic E-state index is 12.5. The van der Waals surface area contributed by atoms with E-state index in [0.717, 1.165) is 36.1 Å². The summed E-state index contributed by atoms with van der Waals surface area (Å²) in [7, 11) is 1.95. The first-order chi connectivity index (χ1) is 12.5. The zero-order valence-electron chi connectivity index (χ0n) is 15.7. The standard InChI is InChI=1S/C19H27N5OS/c1-14-7-9-16(10-8-14)20-12-17-21-22-19(23(17)3)26-13-18(25)24-11-5-4-6-15(24)2/h7-10,15,20H,4-6,11-13H2,1-3H3/t15-/m0/s1. The number of carbonyl (C=O) groups is 1. The van der Waals surface area contributed by atoms with Gasteiger partial charge in [-0.2, -0.15) is 0 Å². The van der Waals surface area contributed by atoms with Crippen LogP contribution in [0.3, 0.4) is 0 Å². The first-order valence-electron chi connectivity index (χ1n) is 9.15. The van der Waals surface area contributed by atoms with Crippen molar-refractivity contribution in [2.45, 2.75) is 50.9 Å². The minimum atomic E-state index is 0.199. The van der Waals surface area contributed by atoms with E-state index in [4.69, 9.17) is 0 Å². The van der Waals surface area contributed by atoms with E-state index in [2.05, 4.69) is 53.6 Å². The fourth-order valence-electron chi connectivity index (χ4n) is 3.16. The third-order valence-electron chi connectivity index (χ3n) is 4.88. The number of nitrogens with one attached hydrogen (secondary N) is 1. The summed E-state index contributed by atoms with van der Waals surface area (Å²) in [6, 6.07) is 8.62.